The number of aromatic nitrogens is 1. The average Bonchev–Trinajstić information content (AvgIpc) is 3.74. The molecule has 4 aliphatic heterocycles. The standard InChI is InChI=1S/C35H34F5N5O5/c1-33(31(48)45-25(14-18-8-4-3-5-9-18)30(47)43-13-7-12-26(43)35(45,49)50-33)41-29(46)19-15-21-20-10-6-11-23-27(20)22(16-24(21)42(2)17-19)28(34(38,39)40)44(23)32(36)37/h3-6,8-11,15,19,24-26,32,49H,7,12-14,16-17H2,1-2H3,(H,41,46)/t19-,24-,25+,26+,33-,35+/m1/s1. The van der Waals surface area contributed by atoms with Crippen LogP contribution in [-0.4, -0.2) is 92.0 Å². The molecule has 5 heterocycles. The van der Waals surface area contributed by atoms with E-state index in [1.165, 1.54) is 24.0 Å². The van der Waals surface area contributed by atoms with Gasteiger partial charge >= 0.3 is 12.7 Å². The Morgan fingerprint density at radius 2 is 1.86 bits per heavy atom. The summed E-state index contributed by atoms with van der Waals surface area (Å²) in [6.07, 6.45) is -2.54. The Balaban J connectivity index is 1.13. The van der Waals surface area contributed by atoms with Gasteiger partial charge < -0.3 is 15.3 Å². The summed E-state index contributed by atoms with van der Waals surface area (Å²) in [7, 11) is 1.64. The number of hydrogen-bond acceptors (Lipinski definition) is 6. The quantitative estimate of drug-likeness (QED) is 0.392. The summed E-state index contributed by atoms with van der Waals surface area (Å²) < 4.78 is 77.2. The maximum Gasteiger partial charge on any atom is 0.431 e. The van der Waals surface area contributed by atoms with E-state index in [9.17, 15) is 41.4 Å². The molecule has 2 N–H and O–H groups in total. The Hall–Kier alpha value is -4.34. The zero-order valence-electron chi connectivity index (χ0n) is 27.1. The molecule has 2 aromatic carbocycles. The number of nitrogens with one attached hydrogen (secondary N) is 1. The number of amides is 3. The van der Waals surface area contributed by atoms with E-state index < -0.39 is 65.9 Å². The number of likely N-dealkylation sites (N-methyl/N-ethyl adjacent to an activating group) is 1. The van der Waals surface area contributed by atoms with Crippen LogP contribution in [0.15, 0.2) is 54.6 Å². The molecule has 3 saturated heterocycles. The number of nitrogens with zero attached hydrogens (tertiary/aromatic N) is 4. The van der Waals surface area contributed by atoms with Crippen LogP contribution in [0.1, 0.15) is 48.7 Å². The number of hydrogen-bond donors (Lipinski definition) is 2. The molecule has 0 radical (unpaired) electrons. The molecular weight excluding hydrogens is 665 g/mol. The molecule has 3 fully saturated rings. The SMILES string of the molecule is CN1C[C@H](C(=O)N[C@]2(C)O[C@@]3(O)[C@@H]4CCCN4C(=O)[C@H](Cc4ccccc4)N3C2=O)C=C2c3cccc4c3c(c(C(F)(F)F)n4C(F)F)C[C@H]21. The van der Waals surface area contributed by atoms with Crippen molar-refractivity contribution in [2.24, 2.45) is 5.92 Å². The number of piperazine rings is 1. The van der Waals surface area contributed by atoms with Crippen molar-refractivity contribution in [2.45, 2.75) is 75.1 Å². The van der Waals surface area contributed by atoms with Crippen molar-refractivity contribution in [3.63, 3.8) is 0 Å². The van der Waals surface area contributed by atoms with Crippen LogP contribution in [0.5, 0.6) is 0 Å². The fourth-order valence-corrected chi connectivity index (χ4v) is 8.84. The topological polar surface area (TPSA) is 107 Å². The number of ether oxygens (including phenoxy) is 1. The Bertz CT molecular complexity index is 1970. The zero-order valence-corrected chi connectivity index (χ0v) is 27.1. The highest BCUT2D eigenvalue weighted by molar-refractivity contribution is 6.02. The molecule has 1 aromatic heterocycles. The first-order valence-electron chi connectivity index (χ1n) is 16.5. The van der Waals surface area contributed by atoms with E-state index in [0.29, 0.717) is 30.5 Å². The van der Waals surface area contributed by atoms with Gasteiger partial charge in [0, 0.05) is 30.9 Å². The van der Waals surface area contributed by atoms with E-state index in [0.717, 1.165) is 10.5 Å². The minimum Gasteiger partial charge on any atom is -0.347 e. The van der Waals surface area contributed by atoms with Gasteiger partial charge in [-0.2, -0.15) is 22.0 Å². The summed E-state index contributed by atoms with van der Waals surface area (Å²) in [4.78, 5) is 46.3. The lowest BCUT2D eigenvalue weighted by Gasteiger charge is -2.48. The number of carbonyl (C=O) groups is 3. The van der Waals surface area contributed by atoms with Gasteiger partial charge in [0.25, 0.3) is 11.8 Å². The molecule has 3 amide bonds. The van der Waals surface area contributed by atoms with Crippen molar-refractivity contribution < 1.29 is 46.2 Å². The third kappa shape index (κ3) is 4.65. The van der Waals surface area contributed by atoms with Crippen LogP contribution in [-0.2, 0) is 38.1 Å². The average molecular weight is 700 g/mol. The first kappa shape index (κ1) is 32.8. The van der Waals surface area contributed by atoms with Crippen molar-refractivity contribution >= 4 is 34.2 Å². The second-order valence-corrected chi connectivity index (χ2v) is 13.9. The Kier molecular flexibility index (Phi) is 7.28. The maximum atomic E-state index is 14.2. The van der Waals surface area contributed by atoms with Crippen molar-refractivity contribution in [1.29, 1.82) is 0 Å². The molecule has 1 aliphatic carbocycles. The summed E-state index contributed by atoms with van der Waals surface area (Å²) in [5.74, 6) is -4.91. The predicted molar refractivity (Wildman–Crippen MR) is 168 cm³/mol. The van der Waals surface area contributed by atoms with Crippen molar-refractivity contribution in [3.05, 3.63) is 77.0 Å². The van der Waals surface area contributed by atoms with E-state index >= 15 is 0 Å². The van der Waals surface area contributed by atoms with Gasteiger partial charge in [-0.1, -0.05) is 48.5 Å². The molecule has 5 aliphatic rings. The molecule has 0 unspecified atom stereocenters. The Morgan fingerprint density at radius 3 is 2.56 bits per heavy atom. The monoisotopic (exact) mass is 699 g/mol. The molecule has 50 heavy (non-hydrogen) atoms. The normalized spacial score (nSPS) is 30.9. The lowest BCUT2D eigenvalue weighted by molar-refractivity contribution is -0.315. The summed E-state index contributed by atoms with van der Waals surface area (Å²) in [6, 6.07) is 10.7. The van der Waals surface area contributed by atoms with Gasteiger partial charge in [-0.15, -0.1) is 0 Å². The van der Waals surface area contributed by atoms with Gasteiger partial charge in [0.1, 0.15) is 17.8 Å². The molecule has 0 spiro atoms. The molecule has 10 nitrogen and oxygen atoms in total. The second-order valence-electron chi connectivity index (χ2n) is 13.9. The van der Waals surface area contributed by atoms with E-state index in [1.54, 1.807) is 36.2 Å². The highest BCUT2D eigenvalue weighted by Gasteiger charge is 2.70. The van der Waals surface area contributed by atoms with E-state index in [2.05, 4.69) is 5.32 Å². The number of rotatable bonds is 5. The summed E-state index contributed by atoms with van der Waals surface area (Å²) in [6.45, 7) is -1.68. The molecule has 3 aromatic rings. The van der Waals surface area contributed by atoms with Crippen LogP contribution in [0.2, 0.25) is 0 Å². The minimum atomic E-state index is -5.03. The van der Waals surface area contributed by atoms with E-state index in [1.807, 2.05) is 18.2 Å². The van der Waals surface area contributed by atoms with Crippen LogP contribution >= 0.6 is 0 Å². The molecule has 6 atom stereocenters. The molecule has 0 bridgehead atoms. The number of halogens is 5. The van der Waals surface area contributed by atoms with Gasteiger partial charge in [0.05, 0.1) is 11.4 Å². The minimum absolute atomic E-state index is 0.0287. The van der Waals surface area contributed by atoms with Crippen LogP contribution in [0.3, 0.4) is 0 Å². The Morgan fingerprint density at radius 1 is 1.12 bits per heavy atom. The smallest absolute Gasteiger partial charge is 0.347 e. The zero-order chi connectivity index (χ0) is 35.5. The van der Waals surface area contributed by atoms with Crippen molar-refractivity contribution in [3.8, 4) is 0 Å². The second kappa shape index (κ2) is 11.1. The molecule has 8 rings (SSSR count). The van der Waals surface area contributed by atoms with Gasteiger partial charge in [0.15, 0.2) is 0 Å². The third-order valence-electron chi connectivity index (χ3n) is 10.9. The van der Waals surface area contributed by atoms with Gasteiger partial charge in [0.2, 0.25) is 17.5 Å². The number of benzene rings is 2. The lowest BCUT2D eigenvalue weighted by Crippen LogP contribution is -2.71. The summed E-state index contributed by atoms with van der Waals surface area (Å²) in [5.41, 5.74) is -2.33. The van der Waals surface area contributed by atoms with Crippen LogP contribution in [0.25, 0.3) is 16.5 Å². The summed E-state index contributed by atoms with van der Waals surface area (Å²) >= 11 is 0. The van der Waals surface area contributed by atoms with E-state index in [-0.39, 0.29) is 46.3 Å². The largest absolute Gasteiger partial charge is 0.431 e. The first-order valence-corrected chi connectivity index (χ1v) is 16.5. The van der Waals surface area contributed by atoms with Crippen LogP contribution in [0, 0.1) is 5.92 Å². The molecule has 0 saturated carbocycles. The first-order chi connectivity index (χ1) is 23.6. The number of carbonyl (C=O) groups excluding carboxylic acids is 3. The summed E-state index contributed by atoms with van der Waals surface area (Å²) in [5, 5.41) is 14.8. The third-order valence-corrected chi connectivity index (χ3v) is 10.9. The van der Waals surface area contributed by atoms with Gasteiger partial charge in [-0.25, -0.2) is 0 Å². The van der Waals surface area contributed by atoms with Crippen molar-refractivity contribution in [1.82, 2.24) is 24.6 Å². The van der Waals surface area contributed by atoms with Gasteiger partial charge in [-0.3, -0.25) is 33.5 Å². The van der Waals surface area contributed by atoms with Gasteiger partial charge in [-0.05, 0) is 61.6 Å². The molecular formula is C35H34F5N5O5. The lowest BCUT2D eigenvalue weighted by atomic mass is 9.79. The fraction of sp³-hybridized carbons (Fsp3) is 0.457. The predicted octanol–water partition coefficient (Wildman–Crippen LogP) is 3.88. The maximum absolute atomic E-state index is 14.2. The Labute approximate surface area is 283 Å². The highest BCUT2D eigenvalue weighted by atomic mass is 19.4. The highest BCUT2D eigenvalue weighted by Crippen LogP contribution is 2.49. The van der Waals surface area contributed by atoms with Crippen molar-refractivity contribution in [2.75, 3.05) is 20.1 Å². The van der Waals surface area contributed by atoms with E-state index in [4.69, 9.17) is 4.74 Å². The number of aliphatic hydroxyl groups is 1. The fourth-order valence-electron chi connectivity index (χ4n) is 8.84. The van der Waals surface area contributed by atoms with Crippen LogP contribution in [0.4, 0.5) is 22.0 Å². The molecule has 264 valence electrons. The molecule has 15 heteroatoms. The van der Waals surface area contributed by atoms with Crippen LogP contribution < -0.4 is 5.32 Å². The number of alkyl halides is 5. The number of fused-ring (bicyclic) bond motifs is 5.